The summed E-state index contributed by atoms with van der Waals surface area (Å²) >= 11 is 31.9. The van der Waals surface area contributed by atoms with Crippen LogP contribution in [0.15, 0.2) is 140 Å². The first-order valence-electron chi connectivity index (χ1n) is 29.5. The largest absolute Gasteiger partial charge is 1.00 e. The summed E-state index contributed by atoms with van der Waals surface area (Å²) in [6.07, 6.45) is 3.22. The molecule has 548 valence electrons. The van der Waals surface area contributed by atoms with Crippen molar-refractivity contribution in [3.63, 3.8) is 0 Å². The maximum absolute atomic E-state index is 12.2. The smallest absolute Gasteiger partial charge is 0.870 e. The van der Waals surface area contributed by atoms with Gasteiger partial charge in [-0.05, 0) is 156 Å². The molecule has 1 saturated heterocycles. The van der Waals surface area contributed by atoms with Crippen LogP contribution in [0.5, 0.6) is 28.7 Å². The summed E-state index contributed by atoms with van der Waals surface area (Å²) in [6, 6.07) is 37.1. The standard InChI is InChI=1S/C18H14ClNO4.C11H12ClO2.C10H8BrNO2.C10H12ClNO2.C9H10ClNO3.C8H7ClO2.C4H8O.CH4.2ClH.Na.H2O.W/c1-11(21)15-10-12(19)6-7-16(15)24-9-8-20-17(22)13-4-2-3-5-14(13)18(20)23;1-3-6-14-11-5-4-9(12)7-10(11)8(2)13;11-5-6-12-9(13)7-3-1-2-4-8(7)10(12)14;1-7(13)9-6-8(11)2-3-10(9)14-5-4-12;10-6-1-2-8(14-4-3-11)7(5-6)9(12)13;1-5(10)7-4-6(9)2-3-8(7)11;1-2-4-5-3-1;;;;;;/h2-7,10H,8-9H2,1H3;4-5,7H,1,3,6H2,2H3;1-4H,5-6H2;2-3,6H,4-5,12H2,1H3;1-2,5H,3-4,11H2,(H,12,13);2-4,11H,1H3;1-4H2;1H4;2*1H;;1H2;/q;-1;;;;;;;;;+1;;/p-1. The zero-order valence-corrected chi connectivity index (χ0v) is 67.4. The number of phenolic OH excluding ortho intramolecular Hbond substituents is 1. The Kier molecular flexibility index (Phi) is 51.9. The van der Waals surface area contributed by atoms with Gasteiger partial charge < -0.3 is 57.8 Å². The van der Waals surface area contributed by atoms with Gasteiger partial charge in [0.1, 0.15) is 54.1 Å². The summed E-state index contributed by atoms with van der Waals surface area (Å²) in [4.78, 5) is 106. The predicted molar refractivity (Wildman–Crippen MR) is 397 cm³/mol. The second-order valence-electron chi connectivity index (χ2n) is 20.2. The molecule has 102 heavy (non-hydrogen) atoms. The minimum Gasteiger partial charge on any atom is -0.870 e. The van der Waals surface area contributed by atoms with Crippen LogP contribution in [0.25, 0.3) is 0 Å². The number of aromatic carboxylic acids is 1. The third-order valence-electron chi connectivity index (χ3n) is 13.1. The van der Waals surface area contributed by atoms with E-state index in [0.717, 1.165) is 18.1 Å². The van der Waals surface area contributed by atoms with Crippen LogP contribution in [0, 0.1) is 6.92 Å². The van der Waals surface area contributed by atoms with Crippen LogP contribution in [-0.2, 0) is 25.8 Å². The van der Waals surface area contributed by atoms with E-state index in [2.05, 4.69) is 22.9 Å². The molecule has 0 atom stereocenters. The number of hydrogen-bond donors (Lipinski definition) is 4. The fourth-order valence-electron chi connectivity index (χ4n) is 8.54. The molecular weight excluding hydrogens is 1720 g/mol. The molecule has 3 aliphatic heterocycles. The molecule has 21 nitrogen and oxygen atoms in total. The number of rotatable bonds is 20. The molecule has 4 amide bonds. The Labute approximate surface area is 675 Å². The quantitative estimate of drug-likeness (QED) is 0.0181. The Morgan fingerprint density at radius 2 is 0.775 bits per heavy atom. The zero-order valence-electron chi connectivity index (χ0n) is 55.5. The summed E-state index contributed by atoms with van der Waals surface area (Å²) in [7, 11) is 0. The number of aromatic hydroxyl groups is 1. The van der Waals surface area contributed by atoms with E-state index in [-0.39, 0.29) is 177 Å². The first kappa shape index (κ1) is 100. The van der Waals surface area contributed by atoms with Gasteiger partial charge in [0.15, 0.2) is 23.1 Å². The van der Waals surface area contributed by atoms with Gasteiger partial charge in [0.2, 0.25) is 0 Å². The topological polar surface area (TPSA) is 329 Å². The van der Waals surface area contributed by atoms with Crippen molar-refractivity contribution in [3.8, 4) is 28.7 Å². The molecule has 0 radical (unpaired) electrons. The van der Waals surface area contributed by atoms with E-state index < -0.39 is 5.97 Å². The average molecular weight is 1790 g/mol. The third-order valence-corrected chi connectivity index (χ3v) is 14.6. The van der Waals surface area contributed by atoms with Gasteiger partial charge in [-0.1, -0.05) is 106 Å². The first-order chi connectivity index (χ1) is 45.8. The van der Waals surface area contributed by atoms with E-state index in [1.54, 1.807) is 103 Å². The maximum atomic E-state index is 12.2. The Hall–Kier alpha value is -5.99. The average Bonchev–Trinajstić information content (AvgIpc) is 1.66. The number of carbonyl (C=O) groups excluding carboxylic acids is 8. The van der Waals surface area contributed by atoms with Gasteiger partial charge in [0.05, 0.1) is 57.7 Å². The van der Waals surface area contributed by atoms with Crippen LogP contribution in [0.3, 0.4) is 0 Å². The number of amides is 4. The number of halogens is 8. The SMILES string of the molecule is C.C1CCOC1.CC(=O)c1cc(Cl)ccc1O.CC(=O)c1cc(Cl)ccc1OCCN.CC(=O)c1cc(Cl)ccc1OCCN1C(=O)c2ccccc2C1=O.Cl.Cl.NCCOc1ccc(Cl)cc1C(=O)O.O=C1c2ccccc2C(=O)N1CCBr.[CH2-]CCOc1ccc(Cl)cc1C(C)=O.[Na+].[OH-].[W]. The third kappa shape index (κ3) is 32.2. The van der Waals surface area contributed by atoms with Crippen molar-refractivity contribution in [2.75, 3.05) is 71.2 Å². The molecule has 3 aliphatic rings. The van der Waals surface area contributed by atoms with Crippen LogP contribution in [-0.4, -0.2) is 149 Å². The molecule has 10 rings (SSSR count). The van der Waals surface area contributed by atoms with Crippen LogP contribution in [0.2, 0.25) is 25.1 Å². The van der Waals surface area contributed by atoms with Crippen molar-refractivity contribution >= 4 is 151 Å². The van der Waals surface area contributed by atoms with Gasteiger partial charge in [0, 0.05) is 84.4 Å². The number of ether oxygens (including phenoxy) is 5. The Balaban J connectivity index is -0.00000114. The zero-order chi connectivity index (χ0) is 71.0. The number of nitrogens with zero attached hydrogens (tertiary/aromatic N) is 2. The number of alkyl halides is 1. The van der Waals surface area contributed by atoms with E-state index >= 15 is 0 Å². The van der Waals surface area contributed by atoms with E-state index in [4.69, 9.17) is 103 Å². The van der Waals surface area contributed by atoms with Gasteiger partial charge in [-0.15, -0.1) is 31.2 Å². The van der Waals surface area contributed by atoms with Gasteiger partial charge >= 0.3 is 35.5 Å². The fraction of sp³-hybridized carbons (Fsp3) is 0.268. The predicted octanol–water partition coefficient (Wildman–Crippen LogP) is 12.6. The second kappa shape index (κ2) is 52.9. The van der Waals surface area contributed by atoms with E-state index in [9.17, 15) is 43.2 Å². The number of carbonyl (C=O) groups is 9. The number of nitrogens with two attached hydrogens (primary N) is 2. The van der Waals surface area contributed by atoms with Gasteiger partial charge in [-0.2, -0.15) is 0 Å². The van der Waals surface area contributed by atoms with Crippen molar-refractivity contribution < 1.29 is 133 Å². The number of hydrogen-bond acceptors (Lipinski definition) is 18. The minimum absolute atomic E-state index is 0. The molecular formula is C71H78BrCl7N4NaO17W-. The number of carboxylic acids is 1. The molecule has 3 heterocycles. The Morgan fingerprint density at radius 1 is 0.490 bits per heavy atom. The van der Waals surface area contributed by atoms with Crippen molar-refractivity contribution in [1.82, 2.24) is 9.80 Å². The number of carboxylic acid groups (broad SMARTS) is 1. The molecule has 0 saturated carbocycles. The van der Waals surface area contributed by atoms with Crippen molar-refractivity contribution in [3.05, 3.63) is 222 Å². The minimum atomic E-state index is -1.07. The Bertz CT molecular complexity index is 3660. The second-order valence-corrected chi connectivity index (χ2v) is 23.2. The van der Waals surface area contributed by atoms with Crippen LogP contribution >= 0.6 is 98.7 Å². The van der Waals surface area contributed by atoms with Crippen LogP contribution < -0.4 is 60.0 Å². The van der Waals surface area contributed by atoms with Gasteiger partial charge in [-0.3, -0.25) is 48.2 Å². The molecule has 7 N–H and O–H groups in total. The number of phenols is 1. The fourth-order valence-corrected chi connectivity index (χ4v) is 9.76. The summed E-state index contributed by atoms with van der Waals surface area (Å²) in [6.45, 7) is 14.0. The van der Waals surface area contributed by atoms with Gasteiger partial charge in [0.25, 0.3) is 23.6 Å². The molecule has 31 heteroatoms. The summed E-state index contributed by atoms with van der Waals surface area (Å²) in [5, 5.41) is 20.9. The maximum Gasteiger partial charge on any atom is 1.00 e. The Morgan fingerprint density at radius 3 is 1.05 bits per heavy atom. The molecule has 7 aromatic rings. The first-order valence-corrected chi connectivity index (χ1v) is 32.5. The summed E-state index contributed by atoms with van der Waals surface area (Å²) in [5.41, 5.74) is 14.0. The monoisotopic (exact) mass is 1790 g/mol. The number of fused-ring (bicyclic) bond motifs is 2. The van der Waals surface area contributed by atoms with Crippen molar-refractivity contribution in [2.45, 2.75) is 54.4 Å². The molecule has 0 aromatic heterocycles. The van der Waals surface area contributed by atoms with Crippen LogP contribution in [0.4, 0.5) is 0 Å². The molecule has 0 unspecified atom stereocenters. The molecule has 0 spiro atoms. The molecule has 0 bridgehead atoms. The molecule has 0 aliphatic carbocycles. The molecule has 7 aromatic carbocycles. The summed E-state index contributed by atoms with van der Waals surface area (Å²) < 4.78 is 26.3. The van der Waals surface area contributed by atoms with Gasteiger partial charge in [-0.25, -0.2) is 4.79 Å². The normalized spacial score (nSPS) is 11.4. The number of Topliss-reactive ketones (excluding diaryl/α,β-unsaturated/α-hetero) is 4. The number of benzene rings is 7. The van der Waals surface area contributed by atoms with E-state index in [1.165, 1.54) is 81.8 Å². The number of ketones is 4. The van der Waals surface area contributed by atoms with Crippen molar-refractivity contribution in [2.24, 2.45) is 11.5 Å². The summed E-state index contributed by atoms with van der Waals surface area (Å²) in [5.74, 6) is -0.848. The van der Waals surface area contributed by atoms with Crippen molar-refractivity contribution in [1.29, 1.82) is 0 Å². The number of imide groups is 2. The van der Waals surface area contributed by atoms with E-state index in [0.29, 0.717) is 126 Å². The van der Waals surface area contributed by atoms with E-state index in [1.807, 2.05) is 0 Å². The van der Waals surface area contributed by atoms with Crippen LogP contribution in [0.1, 0.15) is 148 Å². The molecule has 1 fully saturated rings.